The van der Waals surface area contributed by atoms with Crippen LogP contribution in [0.15, 0.2) is 9.66 Å². The van der Waals surface area contributed by atoms with Gasteiger partial charge >= 0.3 is 0 Å². The van der Waals surface area contributed by atoms with Gasteiger partial charge in [0.25, 0.3) is 0 Å². The van der Waals surface area contributed by atoms with Gasteiger partial charge in [-0.3, -0.25) is 0 Å². The first kappa shape index (κ1) is 18.4. The topological polar surface area (TPSA) is 18.5 Å². The van der Waals surface area contributed by atoms with Crippen LogP contribution in [0.2, 0.25) is 0 Å². The van der Waals surface area contributed by atoms with Crippen molar-refractivity contribution in [2.45, 2.75) is 72.0 Å². The number of hydrogen-bond donors (Lipinski definition) is 0. The third-order valence-corrected chi connectivity index (χ3v) is 11.5. The van der Waals surface area contributed by atoms with E-state index in [0.717, 1.165) is 36.9 Å². The van der Waals surface area contributed by atoms with Crippen molar-refractivity contribution in [2.24, 2.45) is 46.3 Å². The molecular formula is C23H35IO2. The maximum atomic E-state index is 6.30. The highest BCUT2D eigenvalue weighted by atomic mass is 127. The third-order valence-electron chi connectivity index (χ3n) is 9.84. The summed E-state index contributed by atoms with van der Waals surface area (Å²) in [4.78, 5) is 0. The molecule has 0 N–H and O–H groups in total. The maximum Gasteiger partial charge on any atom is 0.173 e. The molecule has 5 aliphatic rings. The molecule has 3 unspecified atom stereocenters. The van der Waals surface area contributed by atoms with Crippen LogP contribution in [0.5, 0.6) is 0 Å². The van der Waals surface area contributed by atoms with E-state index in [2.05, 4.69) is 56.4 Å². The van der Waals surface area contributed by atoms with Crippen molar-refractivity contribution < 1.29 is 9.47 Å². The molecule has 0 aromatic rings. The van der Waals surface area contributed by atoms with Crippen LogP contribution in [0, 0.1) is 46.3 Å². The van der Waals surface area contributed by atoms with E-state index in [1.807, 2.05) is 0 Å². The summed E-state index contributed by atoms with van der Waals surface area (Å²) in [5.74, 6) is 4.23. The molecule has 1 heterocycles. The van der Waals surface area contributed by atoms with Crippen LogP contribution in [0.25, 0.3) is 0 Å². The molecule has 26 heavy (non-hydrogen) atoms. The Morgan fingerprint density at radius 2 is 1.73 bits per heavy atom. The van der Waals surface area contributed by atoms with E-state index in [4.69, 9.17) is 9.47 Å². The van der Waals surface area contributed by atoms with E-state index in [1.54, 1.807) is 3.58 Å². The fourth-order valence-corrected chi connectivity index (χ4v) is 9.57. The lowest BCUT2D eigenvalue weighted by molar-refractivity contribution is -0.289. The first-order chi connectivity index (χ1) is 12.3. The largest absolute Gasteiger partial charge is 0.347 e. The Labute approximate surface area is 173 Å². The summed E-state index contributed by atoms with van der Waals surface area (Å²) in [6.07, 6.45) is 10.8. The van der Waals surface area contributed by atoms with Crippen molar-refractivity contribution in [1.29, 1.82) is 0 Å². The molecule has 1 spiro atoms. The van der Waals surface area contributed by atoms with E-state index >= 15 is 0 Å². The Balaban J connectivity index is 1.47. The van der Waals surface area contributed by atoms with Crippen LogP contribution in [-0.2, 0) is 9.47 Å². The molecule has 4 fully saturated rings. The molecule has 1 saturated heterocycles. The van der Waals surface area contributed by atoms with Gasteiger partial charge in [-0.25, -0.2) is 0 Å². The van der Waals surface area contributed by atoms with Gasteiger partial charge in [0, 0.05) is 17.3 Å². The summed E-state index contributed by atoms with van der Waals surface area (Å²) >= 11 is 2.64. The van der Waals surface area contributed by atoms with Gasteiger partial charge < -0.3 is 9.47 Å². The van der Waals surface area contributed by atoms with Gasteiger partial charge in [-0.05, 0) is 93.8 Å². The molecule has 0 aromatic carbocycles. The number of rotatable bonds is 0. The normalized spacial score (nSPS) is 55.2. The van der Waals surface area contributed by atoms with E-state index in [9.17, 15) is 0 Å². The Morgan fingerprint density at radius 1 is 1.00 bits per heavy atom. The molecule has 0 bridgehead atoms. The predicted octanol–water partition coefficient (Wildman–Crippen LogP) is 6.19. The summed E-state index contributed by atoms with van der Waals surface area (Å²) in [6, 6.07) is 0. The smallest absolute Gasteiger partial charge is 0.173 e. The van der Waals surface area contributed by atoms with Crippen molar-refractivity contribution in [1.82, 2.24) is 0 Å². The van der Waals surface area contributed by atoms with Crippen molar-refractivity contribution in [3.63, 3.8) is 0 Å². The highest BCUT2D eigenvalue weighted by molar-refractivity contribution is 14.1. The molecule has 3 saturated carbocycles. The van der Waals surface area contributed by atoms with Crippen LogP contribution in [0.4, 0.5) is 0 Å². The molecule has 0 radical (unpaired) electrons. The molecule has 8 atom stereocenters. The maximum absolute atomic E-state index is 6.30. The van der Waals surface area contributed by atoms with Gasteiger partial charge in [0.2, 0.25) is 0 Å². The summed E-state index contributed by atoms with van der Waals surface area (Å²) in [6.45, 7) is 11.6. The lowest BCUT2D eigenvalue weighted by Gasteiger charge is -2.64. The van der Waals surface area contributed by atoms with Gasteiger partial charge in [-0.1, -0.05) is 33.8 Å². The van der Waals surface area contributed by atoms with Crippen LogP contribution >= 0.6 is 22.6 Å². The van der Waals surface area contributed by atoms with Crippen LogP contribution < -0.4 is 0 Å². The van der Waals surface area contributed by atoms with Crippen molar-refractivity contribution in [3.8, 4) is 0 Å². The van der Waals surface area contributed by atoms with Crippen molar-refractivity contribution >= 4 is 22.6 Å². The summed E-state index contributed by atoms with van der Waals surface area (Å²) in [5, 5.41) is 0. The van der Waals surface area contributed by atoms with Gasteiger partial charge in [0.15, 0.2) is 5.79 Å². The van der Waals surface area contributed by atoms with Crippen molar-refractivity contribution in [2.75, 3.05) is 13.2 Å². The number of hydrogen-bond acceptors (Lipinski definition) is 2. The average Bonchev–Trinajstić information content (AvgIpc) is 3.20. The predicted molar refractivity (Wildman–Crippen MR) is 113 cm³/mol. The van der Waals surface area contributed by atoms with Gasteiger partial charge in [-0.2, -0.15) is 0 Å². The molecule has 3 heteroatoms. The van der Waals surface area contributed by atoms with Crippen LogP contribution in [0.3, 0.4) is 0 Å². The molecular weight excluding hydrogens is 435 g/mol. The van der Waals surface area contributed by atoms with E-state index in [-0.39, 0.29) is 5.79 Å². The van der Waals surface area contributed by atoms with Crippen LogP contribution in [0.1, 0.15) is 66.2 Å². The second-order valence-corrected chi connectivity index (χ2v) is 11.8. The summed E-state index contributed by atoms with van der Waals surface area (Å²) < 4.78 is 14.3. The zero-order chi connectivity index (χ0) is 18.3. The Hall–Kier alpha value is 0.390. The second-order valence-electron chi connectivity index (χ2n) is 10.6. The molecule has 4 aliphatic carbocycles. The number of ether oxygens (including phenoxy) is 2. The highest BCUT2D eigenvalue weighted by Crippen LogP contribution is 2.69. The molecule has 0 aromatic heterocycles. The summed E-state index contributed by atoms with van der Waals surface area (Å²) in [5.41, 5.74) is 0.952. The zero-order valence-corrected chi connectivity index (χ0v) is 19.1. The molecule has 146 valence electrons. The first-order valence-electron chi connectivity index (χ1n) is 11.0. The minimum atomic E-state index is -0.287. The minimum absolute atomic E-state index is 0.287. The Morgan fingerprint density at radius 3 is 2.46 bits per heavy atom. The van der Waals surface area contributed by atoms with Gasteiger partial charge in [0.05, 0.1) is 13.2 Å². The minimum Gasteiger partial charge on any atom is -0.347 e. The number of allylic oxidation sites excluding steroid dienone is 2. The standard InChI is InChI=1S/C23H35IO2/c1-14-13-22(4)17(15(2)23(14)25-11-12-26-23)6-5-16-18-7-8-20(24)21(18,3)10-9-19(16)22/h8,14-19H,5-7,9-13H2,1-4H3/t14?,15?,16-,17?,18-,19-,21-,22-/m0/s1. The quantitative estimate of drug-likeness (QED) is 0.393. The molecule has 5 rings (SSSR count). The Kier molecular flexibility index (Phi) is 4.21. The SMILES string of the molecule is CC1C[C@@]2(C)C(CC[C@@H]3[C@@H]2CC[C@]2(C)C(I)=CC[C@@H]32)C(C)C12OCCO2. The lowest BCUT2D eigenvalue weighted by Crippen LogP contribution is -2.62. The third kappa shape index (κ3) is 2.17. The van der Waals surface area contributed by atoms with E-state index in [0.29, 0.717) is 22.7 Å². The zero-order valence-electron chi connectivity index (χ0n) is 16.9. The van der Waals surface area contributed by atoms with E-state index in [1.165, 1.54) is 38.5 Å². The lowest BCUT2D eigenvalue weighted by atomic mass is 9.42. The van der Waals surface area contributed by atoms with Crippen molar-refractivity contribution in [3.05, 3.63) is 9.66 Å². The van der Waals surface area contributed by atoms with Gasteiger partial charge in [0.1, 0.15) is 0 Å². The average molecular weight is 470 g/mol. The monoisotopic (exact) mass is 470 g/mol. The van der Waals surface area contributed by atoms with Gasteiger partial charge in [-0.15, -0.1) is 0 Å². The fraction of sp³-hybridized carbons (Fsp3) is 0.913. The highest BCUT2D eigenvalue weighted by Gasteiger charge is 2.65. The second kappa shape index (κ2) is 5.95. The Bertz CT molecular complexity index is 624. The number of halogens is 1. The number of fused-ring (bicyclic) bond motifs is 5. The molecule has 1 aliphatic heterocycles. The van der Waals surface area contributed by atoms with E-state index < -0.39 is 0 Å². The fourth-order valence-electron chi connectivity index (χ4n) is 8.65. The first-order valence-corrected chi connectivity index (χ1v) is 12.0. The summed E-state index contributed by atoms with van der Waals surface area (Å²) in [7, 11) is 0. The molecule has 0 amide bonds. The molecule has 2 nitrogen and oxygen atoms in total. The van der Waals surface area contributed by atoms with Crippen LogP contribution in [-0.4, -0.2) is 19.0 Å².